The summed E-state index contributed by atoms with van der Waals surface area (Å²) < 4.78 is 5.47. The van der Waals surface area contributed by atoms with E-state index in [9.17, 15) is 4.79 Å². The molecule has 0 spiro atoms. The van der Waals surface area contributed by atoms with Crippen molar-refractivity contribution in [1.82, 2.24) is 0 Å². The first-order valence-electron chi connectivity index (χ1n) is 9.98. The first kappa shape index (κ1) is 23.2. The van der Waals surface area contributed by atoms with Crippen molar-refractivity contribution < 1.29 is 9.53 Å². The van der Waals surface area contributed by atoms with Crippen molar-refractivity contribution in [2.45, 2.75) is 71.1 Å². The van der Waals surface area contributed by atoms with Crippen LogP contribution in [0.15, 0.2) is 42.5 Å². The van der Waals surface area contributed by atoms with Crippen molar-refractivity contribution in [2.24, 2.45) is 0 Å². The first-order chi connectivity index (χ1) is 12.3. The number of carbonyl (C=O) groups is 1. The van der Waals surface area contributed by atoms with Crippen LogP contribution in [0.25, 0.3) is 10.8 Å². The van der Waals surface area contributed by atoms with E-state index in [-0.39, 0.29) is 35.5 Å². The molecule has 2 aromatic carbocycles. The van der Waals surface area contributed by atoms with Crippen LogP contribution in [0, 0.1) is 0 Å². The Balaban J connectivity index is 0.00000338. The second kappa shape index (κ2) is 14.3. The van der Waals surface area contributed by atoms with E-state index in [1.54, 1.807) is 0 Å². The van der Waals surface area contributed by atoms with Crippen molar-refractivity contribution in [3.63, 3.8) is 0 Å². The number of unbranched alkanes of at least 4 members (excludes halogenated alkanes) is 9. The summed E-state index contributed by atoms with van der Waals surface area (Å²) in [4.78, 5) is 12.3. The van der Waals surface area contributed by atoms with E-state index < -0.39 is 0 Å². The summed E-state index contributed by atoms with van der Waals surface area (Å²) in [5.41, 5.74) is 0.671. The van der Waals surface area contributed by atoms with Gasteiger partial charge in [-0.05, 0) is 23.3 Å². The standard InChI is InChI=1S/C23H32O2.Na.H/c1-2-3-4-5-6-7-8-9-10-13-19-25-23(24)22-18-14-16-20-15-11-12-17-21(20)22;;/h11-12,14-18H,2-10,13,19H2,1H3;;. The van der Waals surface area contributed by atoms with Crippen molar-refractivity contribution >= 4 is 46.3 Å². The van der Waals surface area contributed by atoms with Crippen molar-refractivity contribution in [3.05, 3.63) is 48.0 Å². The minimum atomic E-state index is -0.201. The predicted octanol–water partition coefficient (Wildman–Crippen LogP) is 6.27. The summed E-state index contributed by atoms with van der Waals surface area (Å²) in [6, 6.07) is 13.7. The topological polar surface area (TPSA) is 26.3 Å². The molecule has 0 aliphatic carbocycles. The van der Waals surface area contributed by atoms with Gasteiger partial charge in [0.25, 0.3) is 0 Å². The molecule has 138 valence electrons. The van der Waals surface area contributed by atoms with Crippen LogP contribution in [-0.4, -0.2) is 42.1 Å². The Morgan fingerprint density at radius 1 is 0.769 bits per heavy atom. The molecule has 2 aromatic rings. The van der Waals surface area contributed by atoms with Crippen LogP contribution in [0.4, 0.5) is 0 Å². The fraction of sp³-hybridized carbons (Fsp3) is 0.522. The molecule has 3 heteroatoms. The van der Waals surface area contributed by atoms with Crippen LogP contribution in [-0.2, 0) is 4.74 Å². The molecule has 0 bridgehead atoms. The molecule has 2 rings (SSSR count). The Kier molecular flexibility index (Phi) is 12.7. The number of ether oxygens (including phenoxy) is 1. The van der Waals surface area contributed by atoms with Gasteiger partial charge in [0.15, 0.2) is 0 Å². The van der Waals surface area contributed by atoms with Crippen LogP contribution in [0.2, 0.25) is 0 Å². The van der Waals surface area contributed by atoms with Gasteiger partial charge in [-0.2, -0.15) is 0 Å². The number of rotatable bonds is 12. The third-order valence-corrected chi connectivity index (χ3v) is 4.74. The molecule has 0 aliphatic heterocycles. The number of esters is 1. The van der Waals surface area contributed by atoms with Gasteiger partial charge in [0, 0.05) is 0 Å². The Morgan fingerprint density at radius 2 is 1.35 bits per heavy atom. The van der Waals surface area contributed by atoms with E-state index in [2.05, 4.69) is 6.92 Å². The van der Waals surface area contributed by atoms with E-state index in [1.165, 1.54) is 51.4 Å². The summed E-state index contributed by atoms with van der Waals surface area (Å²) in [6.07, 6.45) is 12.9. The summed E-state index contributed by atoms with van der Waals surface area (Å²) in [5.74, 6) is -0.201. The Morgan fingerprint density at radius 3 is 2.04 bits per heavy atom. The third-order valence-electron chi connectivity index (χ3n) is 4.74. The SMILES string of the molecule is CCCCCCCCCCCCOC(=O)c1cccc2ccccc12.[NaH]. The molecule has 0 saturated carbocycles. The molecule has 0 radical (unpaired) electrons. The second-order valence-corrected chi connectivity index (χ2v) is 6.84. The van der Waals surface area contributed by atoms with Gasteiger partial charge in [0.2, 0.25) is 0 Å². The summed E-state index contributed by atoms with van der Waals surface area (Å²) >= 11 is 0. The molecule has 0 heterocycles. The van der Waals surface area contributed by atoms with E-state index in [0.29, 0.717) is 12.2 Å². The summed E-state index contributed by atoms with van der Waals surface area (Å²) in [7, 11) is 0. The van der Waals surface area contributed by atoms with Gasteiger partial charge >= 0.3 is 35.5 Å². The number of benzene rings is 2. The van der Waals surface area contributed by atoms with Crippen molar-refractivity contribution in [2.75, 3.05) is 6.61 Å². The van der Waals surface area contributed by atoms with Gasteiger partial charge in [-0.1, -0.05) is 101 Å². The molecule has 0 unspecified atom stereocenters. The summed E-state index contributed by atoms with van der Waals surface area (Å²) in [6.45, 7) is 2.78. The molecular formula is C23H33NaO2. The fourth-order valence-corrected chi connectivity index (χ4v) is 3.24. The number of carbonyl (C=O) groups excluding carboxylic acids is 1. The third kappa shape index (κ3) is 8.24. The maximum atomic E-state index is 12.3. The normalized spacial score (nSPS) is 10.5. The molecule has 0 aromatic heterocycles. The molecule has 2 nitrogen and oxygen atoms in total. The van der Waals surface area contributed by atoms with Gasteiger partial charge in [-0.3, -0.25) is 0 Å². The van der Waals surface area contributed by atoms with Gasteiger partial charge < -0.3 is 4.74 Å². The molecular weight excluding hydrogens is 331 g/mol. The Hall–Kier alpha value is -0.830. The molecule has 26 heavy (non-hydrogen) atoms. The van der Waals surface area contributed by atoms with Gasteiger partial charge in [-0.15, -0.1) is 0 Å². The summed E-state index contributed by atoms with van der Waals surface area (Å²) in [5, 5.41) is 2.05. The fourth-order valence-electron chi connectivity index (χ4n) is 3.24. The predicted molar refractivity (Wildman–Crippen MR) is 113 cm³/mol. The number of hydrogen-bond acceptors (Lipinski definition) is 2. The van der Waals surface area contributed by atoms with Gasteiger partial charge in [0.1, 0.15) is 0 Å². The molecule has 0 aliphatic rings. The quantitative estimate of drug-likeness (QED) is 0.252. The van der Waals surface area contributed by atoms with Crippen LogP contribution >= 0.6 is 0 Å². The Bertz CT molecular complexity index is 634. The van der Waals surface area contributed by atoms with Crippen molar-refractivity contribution in [3.8, 4) is 0 Å². The number of hydrogen-bond donors (Lipinski definition) is 0. The monoisotopic (exact) mass is 364 g/mol. The zero-order valence-electron chi connectivity index (χ0n) is 15.6. The minimum absolute atomic E-state index is 0. The van der Waals surface area contributed by atoms with E-state index >= 15 is 0 Å². The van der Waals surface area contributed by atoms with Crippen LogP contribution in [0.5, 0.6) is 0 Å². The molecule has 0 saturated heterocycles. The number of fused-ring (bicyclic) bond motifs is 1. The van der Waals surface area contributed by atoms with E-state index in [0.717, 1.165) is 23.6 Å². The van der Waals surface area contributed by atoms with Crippen LogP contribution in [0.3, 0.4) is 0 Å². The Labute approximate surface area is 181 Å². The van der Waals surface area contributed by atoms with E-state index in [4.69, 9.17) is 4.74 Å². The molecule has 0 atom stereocenters. The van der Waals surface area contributed by atoms with Crippen LogP contribution < -0.4 is 0 Å². The molecule has 0 amide bonds. The van der Waals surface area contributed by atoms with Crippen LogP contribution in [0.1, 0.15) is 81.5 Å². The van der Waals surface area contributed by atoms with E-state index in [1.807, 2.05) is 42.5 Å². The zero-order chi connectivity index (χ0) is 17.7. The van der Waals surface area contributed by atoms with Gasteiger partial charge in [-0.25, -0.2) is 4.79 Å². The second-order valence-electron chi connectivity index (χ2n) is 6.84. The molecule has 0 N–H and O–H groups in total. The average Bonchev–Trinajstić information content (AvgIpc) is 2.65. The maximum absolute atomic E-state index is 12.3. The van der Waals surface area contributed by atoms with Crippen molar-refractivity contribution in [1.29, 1.82) is 0 Å². The van der Waals surface area contributed by atoms with Gasteiger partial charge in [0.05, 0.1) is 12.2 Å². The zero-order valence-corrected chi connectivity index (χ0v) is 15.6. The first-order valence-corrected chi connectivity index (χ1v) is 9.98. The molecule has 0 fully saturated rings. The average molecular weight is 365 g/mol.